The van der Waals surface area contributed by atoms with E-state index in [9.17, 15) is 0 Å². The van der Waals surface area contributed by atoms with Crippen molar-refractivity contribution in [3.05, 3.63) is 54.4 Å². The van der Waals surface area contributed by atoms with Crippen LogP contribution in [0.3, 0.4) is 0 Å². The van der Waals surface area contributed by atoms with Crippen LogP contribution in [0.5, 0.6) is 5.75 Å². The smallest absolute Gasteiger partial charge is 0.128 e. The number of H-pyrrole nitrogens is 1. The Morgan fingerprint density at radius 1 is 1.12 bits per heavy atom. The summed E-state index contributed by atoms with van der Waals surface area (Å²) < 4.78 is 5.36. The summed E-state index contributed by atoms with van der Waals surface area (Å²) in [6.45, 7) is 5.09. The number of nitrogens with one attached hydrogen (secondary N) is 1. The van der Waals surface area contributed by atoms with E-state index in [2.05, 4.69) is 44.2 Å². The third kappa shape index (κ3) is 2.95. The lowest BCUT2D eigenvalue weighted by atomic mass is 10.1. The molecule has 124 valence electrons. The summed E-state index contributed by atoms with van der Waals surface area (Å²) in [5, 5.41) is 1.25. The molecule has 0 bridgehead atoms. The summed E-state index contributed by atoms with van der Waals surface area (Å²) in [5.41, 5.74) is 2.49. The van der Waals surface area contributed by atoms with Gasteiger partial charge in [-0.05, 0) is 35.9 Å². The summed E-state index contributed by atoms with van der Waals surface area (Å²) in [6, 6.07) is 12.3. The van der Waals surface area contributed by atoms with E-state index in [1.807, 2.05) is 24.4 Å². The number of anilines is 1. The van der Waals surface area contributed by atoms with E-state index in [-0.39, 0.29) is 0 Å². The number of methoxy groups -OCH3 is 1. The molecule has 3 heterocycles. The first-order chi connectivity index (χ1) is 11.8. The Hall–Kier alpha value is -2.53. The highest BCUT2D eigenvalue weighted by Gasteiger charge is 2.19. The van der Waals surface area contributed by atoms with Crippen molar-refractivity contribution in [3.63, 3.8) is 0 Å². The minimum Gasteiger partial charge on any atom is -0.497 e. The Labute approximate surface area is 141 Å². The molecule has 0 unspecified atom stereocenters. The van der Waals surface area contributed by atoms with Gasteiger partial charge in [0.05, 0.1) is 7.11 Å². The molecule has 0 spiro atoms. The van der Waals surface area contributed by atoms with Crippen LogP contribution in [0.2, 0.25) is 0 Å². The van der Waals surface area contributed by atoms with E-state index >= 15 is 0 Å². The molecule has 1 aromatic carbocycles. The third-order valence-electron chi connectivity index (χ3n) is 4.71. The second-order valence-electron chi connectivity index (χ2n) is 6.18. The number of nitrogens with zero attached hydrogens (tertiary/aromatic N) is 3. The van der Waals surface area contributed by atoms with Crippen LogP contribution in [-0.2, 0) is 6.54 Å². The topological polar surface area (TPSA) is 44.4 Å². The van der Waals surface area contributed by atoms with Crippen molar-refractivity contribution < 1.29 is 4.74 Å². The van der Waals surface area contributed by atoms with Gasteiger partial charge in [0, 0.05) is 56.0 Å². The Bertz CT molecular complexity index is 807. The van der Waals surface area contributed by atoms with Crippen molar-refractivity contribution in [1.82, 2.24) is 14.9 Å². The van der Waals surface area contributed by atoms with Crippen LogP contribution in [0.1, 0.15) is 5.56 Å². The van der Waals surface area contributed by atoms with Crippen LogP contribution in [-0.4, -0.2) is 48.2 Å². The molecule has 0 radical (unpaired) electrons. The summed E-state index contributed by atoms with van der Waals surface area (Å²) in [6.07, 6.45) is 3.98. The predicted molar refractivity (Wildman–Crippen MR) is 96.6 cm³/mol. The highest BCUT2D eigenvalue weighted by molar-refractivity contribution is 5.84. The van der Waals surface area contributed by atoms with Gasteiger partial charge in [0.25, 0.3) is 0 Å². The quantitative estimate of drug-likeness (QED) is 0.802. The van der Waals surface area contributed by atoms with Gasteiger partial charge >= 0.3 is 0 Å². The molecule has 0 saturated carbocycles. The van der Waals surface area contributed by atoms with E-state index in [1.54, 1.807) is 7.11 Å². The lowest BCUT2D eigenvalue weighted by Crippen LogP contribution is -2.46. The summed E-state index contributed by atoms with van der Waals surface area (Å²) in [4.78, 5) is 12.7. The Morgan fingerprint density at radius 2 is 2.00 bits per heavy atom. The lowest BCUT2D eigenvalue weighted by molar-refractivity contribution is 0.250. The molecule has 24 heavy (non-hydrogen) atoms. The van der Waals surface area contributed by atoms with E-state index in [1.165, 1.54) is 10.9 Å². The molecular formula is C19H22N4O. The Kier molecular flexibility index (Phi) is 4.09. The van der Waals surface area contributed by atoms with Crippen molar-refractivity contribution in [2.24, 2.45) is 0 Å². The molecule has 5 nitrogen and oxygen atoms in total. The standard InChI is InChI=1S/C19H22N4O/c1-24-16-5-6-18-17(12-16)15(13-21-18)14-22-8-10-23(11-9-22)19-4-2-3-7-20-19/h2-7,12-13,21H,8-11,14H2,1H3. The van der Waals surface area contributed by atoms with Crippen molar-refractivity contribution >= 4 is 16.7 Å². The van der Waals surface area contributed by atoms with Crippen LogP contribution in [0.25, 0.3) is 10.9 Å². The van der Waals surface area contributed by atoms with Crippen molar-refractivity contribution in [2.45, 2.75) is 6.54 Å². The highest BCUT2D eigenvalue weighted by Crippen LogP contribution is 2.25. The molecule has 5 heteroatoms. The largest absolute Gasteiger partial charge is 0.497 e. The zero-order valence-corrected chi connectivity index (χ0v) is 13.9. The summed E-state index contributed by atoms with van der Waals surface area (Å²) >= 11 is 0. The number of pyridine rings is 1. The van der Waals surface area contributed by atoms with Crippen molar-refractivity contribution in [3.8, 4) is 5.75 Å². The molecular weight excluding hydrogens is 300 g/mol. The average molecular weight is 322 g/mol. The first-order valence-corrected chi connectivity index (χ1v) is 8.36. The molecule has 2 aromatic heterocycles. The minimum absolute atomic E-state index is 0.906. The minimum atomic E-state index is 0.906. The second-order valence-corrected chi connectivity index (χ2v) is 6.18. The molecule has 0 aliphatic carbocycles. The summed E-state index contributed by atoms with van der Waals surface area (Å²) in [7, 11) is 1.71. The van der Waals surface area contributed by atoms with Gasteiger partial charge in [-0.25, -0.2) is 4.98 Å². The van der Waals surface area contributed by atoms with Crippen LogP contribution in [0, 0.1) is 0 Å². The van der Waals surface area contributed by atoms with Gasteiger partial charge in [-0.3, -0.25) is 4.90 Å². The van der Waals surface area contributed by atoms with Crippen LogP contribution in [0.15, 0.2) is 48.8 Å². The molecule has 1 aliphatic rings. The van der Waals surface area contributed by atoms with Crippen LogP contribution < -0.4 is 9.64 Å². The van der Waals surface area contributed by atoms with Gasteiger partial charge in [0.2, 0.25) is 0 Å². The lowest BCUT2D eigenvalue weighted by Gasteiger charge is -2.35. The third-order valence-corrected chi connectivity index (χ3v) is 4.71. The van der Waals surface area contributed by atoms with E-state index in [0.717, 1.165) is 49.8 Å². The number of aromatic amines is 1. The van der Waals surface area contributed by atoms with E-state index < -0.39 is 0 Å². The maximum absolute atomic E-state index is 5.36. The fourth-order valence-corrected chi connectivity index (χ4v) is 3.33. The predicted octanol–water partition coefficient (Wildman–Crippen LogP) is 2.89. The summed E-state index contributed by atoms with van der Waals surface area (Å²) in [5.74, 6) is 1.98. The molecule has 1 N–H and O–H groups in total. The number of ether oxygens (including phenoxy) is 1. The number of hydrogen-bond acceptors (Lipinski definition) is 4. The van der Waals surface area contributed by atoms with Gasteiger partial charge in [0.1, 0.15) is 11.6 Å². The maximum Gasteiger partial charge on any atom is 0.128 e. The van der Waals surface area contributed by atoms with E-state index in [0.29, 0.717) is 0 Å². The molecule has 1 aliphatic heterocycles. The number of aromatic nitrogens is 2. The molecule has 4 rings (SSSR count). The average Bonchev–Trinajstić information content (AvgIpc) is 3.05. The van der Waals surface area contributed by atoms with Crippen molar-refractivity contribution in [1.29, 1.82) is 0 Å². The van der Waals surface area contributed by atoms with Crippen LogP contribution >= 0.6 is 0 Å². The monoisotopic (exact) mass is 322 g/mol. The molecule has 0 atom stereocenters. The van der Waals surface area contributed by atoms with Crippen LogP contribution in [0.4, 0.5) is 5.82 Å². The maximum atomic E-state index is 5.36. The van der Waals surface area contributed by atoms with Gasteiger partial charge in [-0.1, -0.05) is 6.07 Å². The number of fused-ring (bicyclic) bond motifs is 1. The Morgan fingerprint density at radius 3 is 2.75 bits per heavy atom. The number of piperazine rings is 1. The zero-order chi connectivity index (χ0) is 16.4. The fraction of sp³-hybridized carbons (Fsp3) is 0.316. The zero-order valence-electron chi connectivity index (χ0n) is 13.9. The SMILES string of the molecule is COc1ccc2[nH]cc(CN3CCN(c4ccccn4)CC3)c2c1. The normalized spacial score (nSPS) is 15.8. The van der Waals surface area contributed by atoms with Gasteiger partial charge in [-0.2, -0.15) is 0 Å². The van der Waals surface area contributed by atoms with Crippen molar-refractivity contribution in [2.75, 3.05) is 38.2 Å². The first-order valence-electron chi connectivity index (χ1n) is 8.36. The molecule has 1 saturated heterocycles. The van der Waals surface area contributed by atoms with Gasteiger partial charge in [0.15, 0.2) is 0 Å². The Balaban J connectivity index is 1.44. The number of benzene rings is 1. The molecule has 1 fully saturated rings. The molecule has 3 aromatic rings. The fourth-order valence-electron chi connectivity index (χ4n) is 3.33. The number of rotatable bonds is 4. The second kappa shape index (κ2) is 6.53. The van der Waals surface area contributed by atoms with Gasteiger partial charge < -0.3 is 14.6 Å². The van der Waals surface area contributed by atoms with E-state index in [4.69, 9.17) is 4.74 Å². The first kappa shape index (κ1) is 15.0. The molecule has 0 amide bonds. The number of hydrogen-bond donors (Lipinski definition) is 1. The van der Waals surface area contributed by atoms with Gasteiger partial charge in [-0.15, -0.1) is 0 Å². The highest BCUT2D eigenvalue weighted by atomic mass is 16.5.